The quantitative estimate of drug-likeness (QED) is 0.839. The predicted octanol–water partition coefficient (Wildman–Crippen LogP) is 4.00. The van der Waals surface area contributed by atoms with Crippen LogP contribution < -0.4 is 10.2 Å². The first kappa shape index (κ1) is 14.8. The summed E-state index contributed by atoms with van der Waals surface area (Å²) in [6, 6.07) is 10.1. The van der Waals surface area contributed by atoms with Gasteiger partial charge in [0.2, 0.25) is 0 Å². The Balaban J connectivity index is 2.23. The fourth-order valence-corrected chi connectivity index (χ4v) is 2.30. The number of benzene rings is 1. The van der Waals surface area contributed by atoms with Crippen molar-refractivity contribution in [2.75, 3.05) is 24.3 Å². The molecule has 2 aromatic rings. The maximum Gasteiger partial charge on any atom is 0.135 e. The molecule has 0 saturated heterocycles. The van der Waals surface area contributed by atoms with Gasteiger partial charge in [-0.2, -0.15) is 0 Å². The first-order valence-electron chi connectivity index (χ1n) is 6.66. The van der Waals surface area contributed by atoms with Crippen LogP contribution in [0.3, 0.4) is 0 Å². The van der Waals surface area contributed by atoms with Crippen molar-refractivity contribution in [3.05, 3.63) is 40.8 Å². The van der Waals surface area contributed by atoms with Crippen LogP contribution in [0.25, 0.3) is 0 Å². The number of nitrogens with one attached hydrogen (secondary N) is 1. The number of nitrogens with zero attached hydrogens (tertiary/aromatic N) is 3. The number of hydrogen-bond donors (Lipinski definition) is 1. The maximum absolute atomic E-state index is 4.53. The molecule has 0 atom stereocenters. The average Bonchev–Trinajstić information content (AvgIpc) is 2.38. The highest BCUT2D eigenvalue weighted by Crippen LogP contribution is 2.22. The molecule has 4 nitrogen and oxygen atoms in total. The third-order valence-corrected chi connectivity index (χ3v) is 3.26. The van der Waals surface area contributed by atoms with Crippen LogP contribution in [-0.4, -0.2) is 24.1 Å². The zero-order valence-electron chi connectivity index (χ0n) is 12.0. The van der Waals surface area contributed by atoms with Crippen LogP contribution in [0.1, 0.15) is 19.2 Å². The summed E-state index contributed by atoms with van der Waals surface area (Å²) in [5.74, 6) is 1.67. The van der Waals surface area contributed by atoms with Gasteiger partial charge in [-0.25, -0.2) is 9.97 Å². The maximum atomic E-state index is 4.53. The zero-order valence-corrected chi connectivity index (χ0v) is 13.6. The Morgan fingerprint density at radius 2 is 2.00 bits per heavy atom. The summed E-state index contributed by atoms with van der Waals surface area (Å²) in [5.41, 5.74) is 2.17. The van der Waals surface area contributed by atoms with Gasteiger partial charge in [-0.15, -0.1) is 0 Å². The van der Waals surface area contributed by atoms with Gasteiger partial charge >= 0.3 is 0 Å². The van der Waals surface area contributed by atoms with E-state index in [-0.39, 0.29) is 0 Å². The summed E-state index contributed by atoms with van der Waals surface area (Å²) >= 11 is 3.43. The van der Waals surface area contributed by atoms with E-state index in [4.69, 9.17) is 0 Å². The number of anilines is 3. The molecule has 0 radical (unpaired) electrons. The number of aromatic nitrogens is 2. The van der Waals surface area contributed by atoms with E-state index in [0.717, 1.165) is 40.5 Å². The van der Waals surface area contributed by atoms with Crippen molar-refractivity contribution in [3.63, 3.8) is 0 Å². The first-order valence-corrected chi connectivity index (χ1v) is 7.45. The Bertz CT molecular complexity index is 584. The summed E-state index contributed by atoms with van der Waals surface area (Å²) < 4.78 is 0.808. The molecule has 0 aliphatic rings. The lowest BCUT2D eigenvalue weighted by molar-refractivity contribution is 0.831. The monoisotopic (exact) mass is 334 g/mol. The van der Waals surface area contributed by atoms with E-state index in [1.54, 1.807) is 0 Å². The largest absolute Gasteiger partial charge is 0.378 e. The molecular formula is C15H19BrN4. The average molecular weight is 335 g/mol. The van der Waals surface area contributed by atoms with Gasteiger partial charge in [-0.05, 0) is 40.5 Å². The molecule has 0 unspecified atom stereocenters. The van der Waals surface area contributed by atoms with Crippen LogP contribution >= 0.6 is 15.9 Å². The molecule has 5 heteroatoms. The predicted molar refractivity (Wildman–Crippen MR) is 87.8 cm³/mol. The lowest BCUT2D eigenvalue weighted by atomic mass is 10.2. The van der Waals surface area contributed by atoms with Gasteiger partial charge in [0.05, 0.1) is 0 Å². The van der Waals surface area contributed by atoms with Crippen molar-refractivity contribution in [1.29, 1.82) is 0 Å². The van der Waals surface area contributed by atoms with Crippen LogP contribution in [0.2, 0.25) is 0 Å². The normalized spacial score (nSPS) is 10.4. The van der Waals surface area contributed by atoms with E-state index in [9.17, 15) is 0 Å². The van der Waals surface area contributed by atoms with Crippen molar-refractivity contribution in [1.82, 2.24) is 9.97 Å². The molecule has 1 N–H and O–H groups in total. The second-order valence-corrected chi connectivity index (χ2v) is 5.62. The molecule has 0 spiro atoms. The van der Waals surface area contributed by atoms with E-state index in [1.165, 1.54) is 0 Å². The van der Waals surface area contributed by atoms with E-state index >= 15 is 0 Å². The molecule has 0 aliphatic heterocycles. The summed E-state index contributed by atoms with van der Waals surface area (Å²) in [6.07, 6.45) is 1.91. The second kappa shape index (κ2) is 6.70. The Hall–Kier alpha value is -1.62. The Kier molecular flexibility index (Phi) is 4.95. The lowest BCUT2D eigenvalue weighted by Gasteiger charge is -2.14. The van der Waals surface area contributed by atoms with E-state index < -0.39 is 0 Å². The molecular weight excluding hydrogens is 316 g/mol. The Morgan fingerprint density at radius 3 is 2.70 bits per heavy atom. The molecule has 0 bridgehead atoms. The summed E-state index contributed by atoms with van der Waals surface area (Å²) in [4.78, 5) is 11.0. The Labute approximate surface area is 128 Å². The van der Waals surface area contributed by atoms with Crippen molar-refractivity contribution < 1.29 is 0 Å². The van der Waals surface area contributed by atoms with Gasteiger partial charge in [0.1, 0.15) is 16.2 Å². The van der Waals surface area contributed by atoms with Crippen LogP contribution in [0.5, 0.6) is 0 Å². The molecule has 0 saturated carbocycles. The lowest BCUT2D eigenvalue weighted by Crippen LogP contribution is -2.08. The third-order valence-electron chi connectivity index (χ3n) is 2.85. The topological polar surface area (TPSA) is 41.1 Å². The van der Waals surface area contributed by atoms with Crippen LogP contribution in [0.4, 0.5) is 17.2 Å². The summed E-state index contributed by atoms with van der Waals surface area (Å²) in [6.45, 7) is 2.12. The van der Waals surface area contributed by atoms with Crippen LogP contribution in [0, 0.1) is 0 Å². The zero-order chi connectivity index (χ0) is 14.5. The molecule has 1 aromatic heterocycles. The van der Waals surface area contributed by atoms with Gasteiger partial charge in [0.25, 0.3) is 0 Å². The van der Waals surface area contributed by atoms with E-state index in [0.29, 0.717) is 0 Å². The number of aryl methyl sites for hydroxylation is 1. The third kappa shape index (κ3) is 3.93. The van der Waals surface area contributed by atoms with Gasteiger partial charge in [-0.1, -0.05) is 13.0 Å². The number of halogens is 1. The van der Waals surface area contributed by atoms with Gasteiger partial charge in [-0.3, -0.25) is 0 Å². The van der Waals surface area contributed by atoms with Crippen LogP contribution in [-0.2, 0) is 6.42 Å². The summed E-state index contributed by atoms with van der Waals surface area (Å²) in [7, 11) is 4.06. The fraction of sp³-hybridized carbons (Fsp3) is 0.333. The van der Waals surface area contributed by atoms with Crippen molar-refractivity contribution in [2.45, 2.75) is 19.8 Å². The van der Waals surface area contributed by atoms with E-state index in [1.807, 2.05) is 32.3 Å². The minimum atomic E-state index is 0.808. The molecule has 106 valence electrons. The number of rotatable bonds is 5. The molecule has 1 heterocycles. The molecule has 1 aromatic carbocycles. The van der Waals surface area contributed by atoms with Crippen LogP contribution in [0.15, 0.2) is 34.9 Å². The fourth-order valence-electron chi connectivity index (χ4n) is 1.87. The highest BCUT2D eigenvalue weighted by Gasteiger charge is 2.04. The highest BCUT2D eigenvalue weighted by molar-refractivity contribution is 9.10. The van der Waals surface area contributed by atoms with Crippen molar-refractivity contribution >= 4 is 33.1 Å². The van der Waals surface area contributed by atoms with Gasteiger partial charge in [0.15, 0.2) is 0 Å². The number of hydrogen-bond acceptors (Lipinski definition) is 4. The van der Waals surface area contributed by atoms with Gasteiger partial charge in [0, 0.05) is 38.0 Å². The molecule has 0 aliphatic carbocycles. The standard InChI is InChI=1S/C15H19BrN4/c1-4-6-14-18-13(16)10-15(19-14)17-11-7-5-8-12(9-11)20(2)3/h5,7-10H,4,6H2,1-3H3,(H,17,18,19). The highest BCUT2D eigenvalue weighted by atomic mass is 79.9. The molecule has 20 heavy (non-hydrogen) atoms. The first-order chi connectivity index (χ1) is 9.58. The molecule has 0 amide bonds. The minimum absolute atomic E-state index is 0.808. The Morgan fingerprint density at radius 1 is 1.20 bits per heavy atom. The van der Waals surface area contributed by atoms with Gasteiger partial charge < -0.3 is 10.2 Å². The SMILES string of the molecule is CCCc1nc(Br)cc(Nc2cccc(N(C)C)c2)n1. The smallest absolute Gasteiger partial charge is 0.135 e. The van der Waals surface area contributed by atoms with Crippen molar-refractivity contribution in [3.8, 4) is 0 Å². The molecule has 0 fully saturated rings. The second-order valence-electron chi connectivity index (χ2n) is 4.81. The van der Waals surface area contributed by atoms with Crippen molar-refractivity contribution in [2.24, 2.45) is 0 Å². The molecule has 2 rings (SSSR count). The van der Waals surface area contributed by atoms with E-state index in [2.05, 4.69) is 55.2 Å². The summed E-state index contributed by atoms with van der Waals surface area (Å²) in [5, 5.41) is 3.33. The minimum Gasteiger partial charge on any atom is -0.378 e.